The molecule has 0 N–H and O–H groups in total. The van der Waals surface area contributed by atoms with Crippen LogP contribution in [0.1, 0.15) is 16.3 Å². The van der Waals surface area contributed by atoms with Crippen molar-refractivity contribution in [2.75, 3.05) is 0 Å². The number of rotatable bonds is 7. The molecule has 0 aliphatic rings. The summed E-state index contributed by atoms with van der Waals surface area (Å²) in [6.07, 6.45) is 1.26. The van der Waals surface area contributed by atoms with E-state index in [1.807, 2.05) is 42.5 Å². The van der Waals surface area contributed by atoms with Crippen LogP contribution < -0.4 is 20.0 Å². The fourth-order valence-corrected chi connectivity index (χ4v) is 3.44. The van der Waals surface area contributed by atoms with Crippen LogP contribution in [0, 0.1) is 0 Å². The van der Waals surface area contributed by atoms with Crippen molar-refractivity contribution in [3.05, 3.63) is 113 Å². The Morgan fingerprint density at radius 2 is 1.59 bits per heavy atom. The van der Waals surface area contributed by atoms with Crippen molar-refractivity contribution in [1.82, 2.24) is 0 Å². The van der Waals surface area contributed by atoms with E-state index in [9.17, 15) is 14.7 Å². The predicted octanol–water partition coefficient (Wildman–Crippen LogP) is 4.79. The van der Waals surface area contributed by atoms with Gasteiger partial charge in [0.2, 0.25) is 11.2 Å². The smallest absolute Gasteiger partial charge is 0.235 e. The zero-order valence-corrected chi connectivity index (χ0v) is 17.7. The molecule has 168 valence electrons. The van der Waals surface area contributed by atoms with Gasteiger partial charge < -0.3 is 28.2 Å². The third-order valence-corrected chi connectivity index (χ3v) is 5.15. The van der Waals surface area contributed by atoms with Crippen LogP contribution >= 0.6 is 0 Å². The standard InChI is InChI=1S/C27H18O7/c28-26-22-12-10-20(31-15-21-11-13-23(34-21)27(29)30)14-24(22)32-16-25(26)33-19-8-6-18(7-9-19)17-4-2-1-3-5-17/h1-14,16H,15H2,(H,29,30)/p-1. The molecule has 7 heteroatoms. The van der Waals surface area contributed by atoms with Crippen LogP contribution in [0.3, 0.4) is 0 Å². The molecule has 0 unspecified atom stereocenters. The Bertz CT molecular complexity index is 1510. The molecule has 0 amide bonds. The van der Waals surface area contributed by atoms with Crippen LogP contribution in [0.15, 0.2) is 105 Å². The molecule has 0 saturated heterocycles. The quantitative estimate of drug-likeness (QED) is 0.349. The van der Waals surface area contributed by atoms with Gasteiger partial charge in [0.1, 0.15) is 47.4 Å². The van der Waals surface area contributed by atoms with Crippen molar-refractivity contribution in [1.29, 1.82) is 0 Å². The second-order valence-electron chi connectivity index (χ2n) is 7.42. The SMILES string of the molecule is O=C([O-])c1ccc(COc2ccc3c(=O)c(Oc4ccc(-c5ccccc5)cc4)coc3c2)o1. The lowest BCUT2D eigenvalue weighted by molar-refractivity contribution is -0.257. The zero-order valence-electron chi connectivity index (χ0n) is 17.7. The van der Waals surface area contributed by atoms with E-state index in [0.717, 1.165) is 11.1 Å². The van der Waals surface area contributed by atoms with E-state index in [1.165, 1.54) is 18.4 Å². The van der Waals surface area contributed by atoms with Crippen LogP contribution in [0.2, 0.25) is 0 Å². The molecule has 2 heterocycles. The van der Waals surface area contributed by atoms with Crippen LogP contribution in [-0.4, -0.2) is 5.97 Å². The Balaban J connectivity index is 1.31. The lowest BCUT2D eigenvalue weighted by Crippen LogP contribution is -2.21. The number of aromatic carboxylic acids is 1. The third-order valence-electron chi connectivity index (χ3n) is 5.15. The average molecular weight is 453 g/mol. The highest BCUT2D eigenvalue weighted by molar-refractivity contribution is 5.82. The summed E-state index contributed by atoms with van der Waals surface area (Å²) >= 11 is 0. The first-order valence-corrected chi connectivity index (χ1v) is 10.4. The van der Waals surface area contributed by atoms with Crippen LogP contribution in [-0.2, 0) is 6.61 Å². The van der Waals surface area contributed by atoms with E-state index in [1.54, 1.807) is 30.3 Å². The monoisotopic (exact) mass is 453 g/mol. The maximum absolute atomic E-state index is 12.9. The summed E-state index contributed by atoms with van der Waals surface area (Å²) in [6.45, 7) is 0.00316. The number of ether oxygens (including phenoxy) is 2. The number of carboxylic acids is 1. The molecule has 0 atom stereocenters. The first-order chi connectivity index (χ1) is 16.6. The average Bonchev–Trinajstić information content (AvgIpc) is 3.35. The fourth-order valence-electron chi connectivity index (χ4n) is 3.44. The van der Waals surface area contributed by atoms with Crippen LogP contribution in [0.5, 0.6) is 17.2 Å². The lowest BCUT2D eigenvalue weighted by Gasteiger charge is -2.08. The van der Waals surface area contributed by atoms with E-state index < -0.39 is 5.97 Å². The van der Waals surface area contributed by atoms with Gasteiger partial charge in [-0.3, -0.25) is 4.79 Å². The highest BCUT2D eigenvalue weighted by Crippen LogP contribution is 2.27. The van der Waals surface area contributed by atoms with Gasteiger partial charge in [-0.2, -0.15) is 0 Å². The molecule has 3 aromatic carbocycles. The van der Waals surface area contributed by atoms with Crippen molar-refractivity contribution in [2.24, 2.45) is 0 Å². The summed E-state index contributed by atoms with van der Waals surface area (Å²) in [5, 5.41) is 11.1. The normalized spacial score (nSPS) is 10.8. The van der Waals surface area contributed by atoms with Gasteiger partial charge in [0.15, 0.2) is 0 Å². The van der Waals surface area contributed by atoms with E-state index in [2.05, 4.69) is 0 Å². The van der Waals surface area contributed by atoms with E-state index in [-0.39, 0.29) is 23.5 Å². The second kappa shape index (κ2) is 8.99. The van der Waals surface area contributed by atoms with Crippen molar-refractivity contribution in [2.45, 2.75) is 6.61 Å². The summed E-state index contributed by atoms with van der Waals surface area (Å²) < 4.78 is 22.1. The molecule has 5 aromatic rings. The number of carbonyl (C=O) groups is 1. The highest BCUT2D eigenvalue weighted by atomic mass is 16.5. The number of benzene rings is 3. The molecule has 5 rings (SSSR count). The maximum Gasteiger partial charge on any atom is 0.235 e. The number of carbonyl (C=O) groups excluding carboxylic acids is 1. The molecule has 2 aromatic heterocycles. The van der Waals surface area contributed by atoms with E-state index in [0.29, 0.717) is 28.2 Å². The molecule has 0 bridgehead atoms. The predicted molar refractivity (Wildman–Crippen MR) is 122 cm³/mol. The summed E-state index contributed by atoms with van der Waals surface area (Å²) in [4.78, 5) is 23.7. The van der Waals surface area contributed by atoms with Crippen molar-refractivity contribution in [3.63, 3.8) is 0 Å². The minimum absolute atomic E-state index is 0.00316. The van der Waals surface area contributed by atoms with Crippen LogP contribution in [0.4, 0.5) is 0 Å². The van der Waals surface area contributed by atoms with Crippen LogP contribution in [0.25, 0.3) is 22.1 Å². The molecule has 0 radical (unpaired) electrons. The maximum atomic E-state index is 12.9. The Kier molecular flexibility index (Phi) is 5.58. The number of hydrogen-bond donors (Lipinski definition) is 0. The molecule has 34 heavy (non-hydrogen) atoms. The Morgan fingerprint density at radius 3 is 2.32 bits per heavy atom. The summed E-state index contributed by atoms with van der Waals surface area (Å²) in [5.41, 5.74) is 2.13. The van der Waals surface area contributed by atoms with Crippen molar-refractivity contribution >= 4 is 16.9 Å². The van der Waals surface area contributed by atoms with Gasteiger partial charge in [0.25, 0.3) is 0 Å². The van der Waals surface area contributed by atoms with E-state index >= 15 is 0 Å². The largest absolute Gasteiger partial charge is 0.542 e. The molecule has 0 aliphatic carbocycles. The molecule has 0 aliphatic heterocycles. The highest BCUT2D eigenvalue weighted by Gasteiger charge is 2.11. The van der Waals surface area contributed by atoms with Crippen molar-refractivity contribution < 1.29 is 28.2 Å². The van der Waals surface area contributed by atoms with Crippen molar-refractivity contribution in [3.8, 4) is 28.4 Å². The van der Waals surface area contributed by atoms with Gasteiger partial charge in [0.05, 0.1) is 5.39 Å². The molecular formula is C27H17O7-. The Hall–Kier alpha value is -4.78. The van der Waals surface area contributed by atoms with Gasteiger partial charge in [0, 0.05) is 6.07 Å². The van der Waals surface area contributed by atoms with Gasteiger partial charge >= 0.3 is 0 Å². The van der Waals surface area contributed by atoms with E-state index in [4.69, 9.17) is 18.3 Å². The molecule has 7 nitrogen and oxygen atoms in total. The first kappa shape index (κ1) is 21.1. The molecule has 0 fully saturated rings. The Morgan fingerprint density at radius 1 is 0.853 bits per heavy atom. The van der Waals surface area contributed by atoms with Gasteiger partial charge in [-0.05, 0) is 47.5 Å². The Labute approximate surface area is 193 Å². The first-order valence-electron chi connectivity index (χ1n) is 10.4. The lowest BCUT2D eigenvalue weighted by atomic mass is 10.1. The minimum Gasteiger partial charge on any atom is -0.542 e. The molecule has 0 spiro atoms. The zero-order chi connectivity index (χ0) is 23.5. The third kappa shape index (κ3) is 4.40. The van der Waals surface area contributed by atoms with Gasteiger partial charge in [-0.1, -0.05) is 42.5 Å². The summed E-state index contributed by atoms with van der Waals surface area (Å²) in [6, 6.07) is 24.9. The summed E-state index contributed by atoms with van der Waals surface area (Å²) in [5.74, 6) is -0.344. The van der Waals surface area contributed by atoms with Gasteiger partial charge in [-0.15, -0.1) is 0 Å². The number of hydrogen-bond acceptors (Lipinski definition) is 7. The minimum atomic E-state index is -1.40. The number of furan rings is 1. The number of fused-ring (bicyclic) bond motifs is 1. The summed E-state index contributed by atoms with van der Waals surface area (Å²) in [7, 11) is 0. The number of carboxylic acid groups (broad SMARTS) is 1. The molecular weight excluding hydrogens is 436 g/mol. The second-order valence-corrected chi connectivity index (χ2v) is 7.42. The van der Waals surface area contributed by atoms with Gasteiger partial charge in [-0.25, -0.2) is 0 Å². The topological polar surface area (TPSA) is 102 Å². The molecule has 0 saturated carbocycles. The fraction of sp³-hybridized carbons (Fsp3) is 0.0370.